The molecular formula is C46H66HfN4O4Si2-2. The topological polar surface area (TPSA) is 116 Å². The van der Waals surface area contributed by atoms with Crippen LogP contribution in [0.25, 0.3) is 0 Å². The summed E-state index contributed by atoms with van der Waals surface area (Å²) in [5, 5.41) is 15.3. The molecule has 0 aromatic rings. The minimum absolute atomic E-state index is 0. The smallest absolute Gasteiger partial charge is 0.207 e. The minimum atomic E-state index is -0.669. The van der Waals surface area contributed by atoms with Crippen LogP contribution in [0.3, 0.4) is 0 Å². The van der Waals surface area contributed by atoms with Gasteiger partial charge in [0.25, 0.3) is 0 Å². The van der Waals surface area contributed by atoms with Crippen LogP contribution in [0.2, 0.25) is 26.2 Å². The van der Waals surface area contributed by atoms with E-state index in [0.29, 0.717) is 11.8 Å². The molecule has 0 spiro atoms. The van der Waals surface area contributed by atoms with Gasteiger partial charge in [-0.2, -0.15) is 12.2 Å². The summed E-state index contributed by atoms with van der Waals surface area (Å²) >= 11 is 0. The van der Waals surface area contributed by atoms with Gasteiger partial charge in [-0.15, -0.1) is 67.8 Å². The van der Waals surface area contributed by atoms with Gasteiger partial charge in [-0.3, -0.25) is 19.2 Å². The molecule has 4 amide bonds. The zero-order valence-electron chi connectivity index (χ0n) is 36.4. The van der Waals surface area contributed by atoms with E-state index >= 15 is 0 Å². The summed E-state index contributed by atoms with van der Waals surface area (Å²) in [7, 11) is -1.34. The van der Waals surface area contributed by atoms with Crippen molar-refractivity contribution in [2.75, 3.05) is 0 Å². The molecule has 0 radical (unpaired) electrons. The first-order chi connectivity index (χ1) is 26.5. The molecule has 4 N–H and O–H groups in total. The van der Waals surface area contributed by atoms with E-state index in [-0.39, 0.29) is 72.7 Å². The molecule has 11 heteroatoms. The number of rotatable bonds is 10. The van der Waals surface area contributed by atoms with Crippen molar-refractivity contribution in [1.29, 1.82) is 0 Å². The number of amides is 4. The number of allylic oxidation sites excluding steroid dienone is 10. The van der Waals surface area contributed by atoms with Crippen LogP contribution in [0, 0.1) is 46.3 Å². The van der Waals surface area contributed by atoms with Crippen molar-refractivity contribution in [3.05, 3.63) is 81.7 Å². The Labute approximate surface area is 364 Å². The van der Waals surface area contributed by atoms with Crippen molar-refractivity contribution in [2.24, 2.45) is 34.5 Å². The van der Waals surface area contributed by atoms with E-state index in [9.17, 15) is 19.2 Å². The van der Waals surface area contributed by atoms with Crippen LogP contribution < -0.4 is 21.3 Å². The van der Waals surface area contributed by atoms with Crippen molar-refractivity contribution in [3.8, 4) is 0 Å². The van der Waals surface area contributed by atoms with Crippen LogP contribution >= 0.6 is 0 Å². The molecule has 0 aromatic heterocycles. The normalized spacial score (nSPS) is 30.7. The Bertz CT molecular complexity index is 1710. The summed E-state index contributed by atoms with van der Waals surface area (Å²) in [6.07, 6.45) is 19.9. The van der Waals surface area contributed by atoms with Crippen LogP contribution in [0.5, 0.6) is 0 Å². The second-order valence-corrected chi connectivity index (χ2v) is 23.3. The first-order valence-electron chi connectivity index (χ1n) is 20.6. The van der Waals surface area contributed by atoms with Crippen LogP contribution in [0.15, 0.2) is 69.9 Å². The summed E-state index contributed by atoms with van der Waals surface area (Å²) in [4.78, 5) is 45.4. The zero-order valence-corrected chi connectivity index (χ0v) is 41.9. The van der Waals surface area contributed by atoms with Gasteiger partial charge in [0.05, 0.1) is 24.2 Å². The van der Waals surface area contributed by atoms with Crippen molar-refractivity contribution >= 4 is 52.8 Å². The molecule has 6 aliphatic carbocycles. The molecule has 8 unspecified atom stereocenters. The van der Waals surface area contributed by atoms with E-state index in [2.05, 4.69) is 139 Å². The number of nitrogens with one attached hydrogen (secondary N) is 4. The van der Waals surface area contributed by atoms with Gasteiger partial charge in [0.15, 0.2) is 0 Å². The molecular weight excluding hydrogens is 907 g/mol. The van der Waals surface area contributed by atoms with Gasteiger partial charge in [0.2, 0.25) is 25.6 Å². The fraction of sp³-hybridized carbons (Fsp3) is 0.565. The van der Waals surface area contributed by atoms with Gasteiger partial charge >= 0.3 is 0 Å². The van der Waals surface area contributed by atoms with Gasteiger partial charge in [-0.1, -0.05) is 106 Å². The van der Waals surface area contributed by atoms with Gasteiger partial charge in [0.1, 0.15) is 0 Å². The van der Waals surface area contributed by atoms with Gasteiger partial charge in [0, 0.05) is 25.8 Å². The molecule has 8 atom stereocenters. The fourth-order valence-corrected chi connectivity index (χ4v) is 16.3. The average molecular weight is 974 g/mol. The summed E-state index contributed by atoms with van der Waals surface area (Å²) in [6, 6.07) is -0.350. The number of hydrogen-bond acceptors (Lipinski definition) is 4. The Morgan fingerprint density at radius 2 is 0.930 bits per heavy atom. The van der Waals surface area contributed by atoms with Crippen LogP contribution in [-0.2, 0) is 45.0 Å². The molecule has 0 saturated carbocycles. The van der Waals surface area contributed by atoms with E-state index in [1.165, 1.54) is 45.3 Å². The second-order valence-electron chi connectivity index (χ2n) is 18.3. The summed E-state index contributed by atoms with van der Waals surface area (Å²) < 4.78 is 0. The Balaban J connectivity index is 0.000000248. The van der Waals surface area contributed by atoms with Crippen molar-refractivity contribution in [1.82, 2.24) is 21.3 Å². The maximum Gasteiger partial charge on any atom is 0.207 e. The molecule has 0 saturated heterocycles. The number of carbonyl (C=O) groups excluding carboxylic acids is 4. The predicted octanol–water partition coefficient (Wildman–Crippen LogP) is 6.39. The average Bonchev–Trinajstić information content (AvgIpc) is 3.91. The molecule has 0 aliphatic heterocycles. The second kappa shape index (κ2) is 19.0. The van der Waals surface area contributed by atoms with Crippen LogP contribution in [0.1, 0.15) is 81.1 Å². The van der Waals surface area contributed by atoms with E-state index in [4.69, 9.17) is 0 Å². The third-order valence-electron chi connectivity index (χ3n) is 13.9. The first-order valence-corrected chi connectivity index (χ1v) is 25.6. The monoisotopic (exact) mass is 974 g/mol. The van der Waals surface area contributed by atoms with Gasteiger partial charge < -0.3 is 21.3 Å². The van der Waals surface area contributed by atoms with Crippen LogP contribution in [0.4, 0.5) is 0 Å². The van der Waals surface area contributed by atoms with Crippen molar-refractivity contribution in [3.63, 3.8) is 0 Å². The molecule has 6 aliphatic rings. The maximum absolute atomic E-state index is 11.4. The SMILES string of the molecule is CC1C2=C(CC(NC=O)C(NC=O)C1C)[C-](C1=CC=CC1)C(C)(C)C2=[Si](C)C.CC1C2=C(CC(NC=O)C(NC=O)C1C)[C-](C1=CC=CC1)C(C)(C)C2=[Si](C)C.[Hf]. The predicted molar refractivity (Wildman–Crippen MR) is 235 cm³/mol. The number of hydrogen-bond donors (Lipinski definition) is 4. The Hall–Kier alpha value is -2.90. The minimum Gasteiger partial charge on any atom is -0.354 e. The van der Waals surface area contributed by atoms with E-state index in [0.717, 1.165) is 51.3 Å². The summed E-state index contributed by atoms with van der Waals surface area (Å²) in [5.41, 5.74) is 8.68. The van der Waals surface area contributed by atoms with Crippen LogP contribution in [-0.4, -0.2) is 77.0 Å². The summed E-state index contributed by atoms with van der Waals surface area (Å²) in [5.74, 6) is 4.03. The number of carbonyl (C=O) groups is 4. The van der Waals surface area contributed by atoms with E-state index in [1.807, 2.05) is 0 Å². The molecule has 57 heavy (non-hydrogen) atoms. The zero-order chi connectivity index (χ0) is 41.3. The Kier molecular flexibility index (Phi) is 15.6. The van der Waals surface area contributed by atoms with Crippen molar-refractivity contribution < 1.29 is 45.0 Å². The maximum atomic E-state index is 11.4. The molecule has 0 heterocycles. The third-order valence-corrected chi connectivity index (χ3v) is 17.7. The molecule has 6 rings (SSSR count). The fourth-order valence-electron chi connectivity index (χ4n) is 11.7. The Morgan fingerprint density at radius 3 is 1.19 bits per heavy atom. The standard InChI is InChI=1S/2C23H33N2O2Si.Hf/c2*1-14-15(2)21(25-13-27)18(24-12-26)11-17-19(14)22(28(5)6)23(3,4)20(17)16-9-7-8-10-16;/h2*7-9,12-15,18,21H,10-11H2,1-6H3,(H,24,26)(H,25,27);/q2*-1;. The van der Waals surface area contributed by atoms with E-state index in [1.54, 1.807) is 10.3 Å². The van der Waals surface area contributed by atoms with Crippen molar-refractivity contribution in [2.45, 2.75) is 131 Å². The van der Waals surface area contributed by atoms with Gasteiger partial charge in [-0.25, -0.2) is 0 Å². The van der Waals surface area contributed by atoms with Gasteiger partial charge in [-0.05, 0) is 65.2 Å². The molecule has 0 bridgehead atoms. The van der Waals surface area contributed by atoms with E-state index < -0.39 is 16.8 Å². The molecule has 0 fully saturated rings. The quantitative estimate of drug-likeness (QED) is 0.116. The largest absolute Gasteiger partial charge is 0.354 e. The Morgan fingerprint density at radius 1 is 0.596 bits per heavy atom. The molecule has 308 valence electrons. The molecule has 8 nitrogen and oxygen atoms in total. The summed E-state index contributed by atoms with van der Waals surface area (Å²) in [6.45, 7) is 28.1. The first kappa shape index (κ1) is 46.8. The molecule has 0 aromatic carbocycles. The third kappa shape index (κ3) is 8.58.